The molecular weight excluding hydrogens is 300 g/mol. The Morgan fingerprint density at radius 1 is 1.14 bits per heavy atom. The summed E-state index contributed by atoms with van der Waals surface area (Å²) in [4.78, 5) is 4.53. The van der Waals surface area contributed by atoms with Crippen molar-refractivity contribution in [2.45, 2.75) is 17.5 Å². The van der Waals surface area contributed by atoms with Gasteiger partial charge in [-0.15, -0.1) is 0 Å². The van der Waals surface area contributed by atoms with Gasteiger partial charge in [0.1, 0.15) is 0 Å². The summed E-state index contributed by atoms with van der Waals surface area (Å²) in [6.45, 7) is 0.360. The van der Waals surface area contributed by atoms with Crippen LogP contribution in [-0.4, -0.2) is 29.3 Å². The molecule has 6 heteroatoms. The summed E-state index contributed by atoms with van der Waals surface area (Å²) in [6.07, 6.45) is 2.13. The molecule has 0 radical (unpaired) electrons. The van der Waals surface area contributed by atoms with Crippen LogP contribution in [0.4, 0.5) is 0 Å². The van der Waals surface area contributed by atoms with Gasteiger partial charge in [0.15, 0.2) is 9.84 Å². The maximum atomic E-state index is 11.4. The molecule has 0 fully saturated rings. The Kier molecular flexibility index (Phi) is 3.72. The van der Waals surface area contributed by atoms with Crippen molar-refractivity contribution in [3.05, 3.63) is 60.4 Å². The van der Waals surface area contributed by atoms with Crippen LogP contribution in [-0.2, 0) is 16.4 Å². The number of fused-ring (bicyclic) bond motifs is 1. The summed E-state index contributed by atoms with van der Waals surface area (Å²) >= 11 is 0. The van der Waals surface area contributed by atoms with E-state index in [1.807, 2.05) is 28.8 Å². The lowest BCUT2D eigenvalue weighted by Crippen LogP contribution is -2.08. The fourth-order valence-electron chi connectivity index (χ4n) is 2.38. The van der Waals surface area contributed by atoms with Crippen LogP contribution in [0.15, 0.2) is 59.8 Å². The highest BCUT2D eigenvalue weighted by molar-refractivity contribution is 7.90. The van der Waals surface area contributed by atoms with Gasteiger partial charge in [-0.1, -0.05) is 24.3 Å². The number of hydrogen-bond acceptors (Lipinski definition) is 4. The van der Waals surface area contributed by atoms with Crippen molar-refractivity contribution >= 4 is 20.9 Å². The molecule has 114 valence electrons. The largest absolute Gasteiger partial charge is 0.387 e. The second-order valence-corrected chi connectivity index (χ2v) is 7.26. The molecule has 0 aliphatic rings. The van der Waals surface area contributed by atoms with Crippen LogP contribution in [0.3, 0.4) is 0 Å². The smallest absolute Gasteiger partial charge is 0.175 e. The molecule has 0 saturated carbocycles. The van der Waals surface area contributed by atoms with Crippen LogP contribution in [0.1, 0.15) is 11.7 Å². The number of aromatic nitrogens is 2. The van der Waals surface area contributed by atoms with Crippen molar-refractivity contribution in [2.75, 3.05) is 6.26 Å². The van der Waals surface area contributed by atoms with Crippen molar-refractivity contribution in [1.29, 1.82) is 0 Å². The van der Waals surface area contributed by atoms with Crippen LogP contribution in [0.5, 0.6) is 0 Å². The molecule has 1 atom stereocenters. The van der Waals surface area contributed by atoms with Gasteiger partial charge in [0, 0.05) is 6.26 Å². The Hall–Kier alpha value is -2.18. The van der Waals surface area contributed by atoms with Gasteiger partial charge in [-0.05, 0) is 29.8 Å². The highest BCUT2D eigenvalue weighted by Crippen LogP contribution is 2.20. The Morgan fingerprint density at radius 2 is 1.82 bits per heavy atom. The molecule has 2 aromatic carbocycles. The summed E-state index contributed by atoms with van der Waals surface area (Å²) in [7, 11) is -3.22. The zero-order valence-corrected chi connectivity index (χ0v) is 12.9. The van der Waals surface area contributed by atoms with E-state index < -0.39 is 15.9 Å². The summed E-state index contributed by atoms with van der Waals surface area (Å²) in [5.41, 5.74) is 2.50. The van der Waals surface area contributed by atoms with Crippen LogP contribution < -0.4 is 0 Å². The summed E-state index contributed by atoms with van der Waals surface area (Å²) < 4.78 is 24.8. The molecular formula is C16H16N2O3S. The Morgan fingerprint density at radius 3 is 2.50 bits per heavy atom. The SMILES string of the molecule is CS(=O)(=O)c1ccc([C@@H](O)Cn2cnc3ccccc32)cc1. The van der Waals surface area contributed by atoms with E-state index in [4.69, 9.17) is 0 Å². The van der Waals surface area contributed by atoms with Gasteiger partial charge in [-0.2, -0.15) is 0 Å². The van der Waals surface area contributed by atoms with Gasteiger partial charge in [0.05, 0.1) is 34.9 Å². The maximum absolute atomic E-state index is 11.4. The molecule has 0 saturated heterocycles. The van der Waals surface area contributed by atoms with E-state index in [1.54, 1.807) is 18.5 Å². The van der Waals surface area contributed by atoms with E-state index in [9.17, 15) is 13.5 Å². The van der Waals surface area contributed by atoms with Crippen molar-refractivity contribution in [1.82, 2.24) is 9.55 Å². The standard InChI is InChI=1S/C16H16N2O3S/c1-22(20,21)13-8-6-12(7-9-13)16(19)10-18-11-17-14-4-2-3-5-15(14)18/h2-9,11,16,19H,10H2,1H3/t16-/m0/s1. The number of rotatable bonds is 4. The third-order valence-corrected chi connectivity index (χ3v) is 4.72. The minimum atomic E-state index is -3.22. The number of benzene rings is 2. The van der Waals surface area contributed by atoms with Gasteiger partial charge >= 0.3 is 0 Å². The number of para-hydroxylation sites is 2. The lowest BCUT2D eigenvalue weighted by Gasteiger charge is -2.13. The van der Waals surface area contributed by atoms with Gasteiger partial charge in [0.25, 0.3) is 0 Å². The first-order chi connectivity index (χ1) is 10.4. The summed E-state index contributed by atoms with van der Waals surface area (Å²) in [5.74, 6) is 0. The summed E-state index contributed by atoms with van der Waals surface area (Å²) in [6, 6.07) is 14.0. The quantitative estimate of drug-likeness (QED) is 0.801. The van der Waals surface area contributed by atoms with E-state index in [2.05, 4.69) is 4.98 Å². The topological polar surface area (TPSA) is 72.2 Å². The first-order valence-corrected chi connectivity index (χ1v) is 8.72. The van der Waals surface area contributed by atoms with Crippen molar-refractivity contribution in [3.8, 4) is 0 Å². The fraction of sp³-hybridized carbons (Fsp3) is 0.188. The number of nitrogens with zero attached hydrogens (tertiary/aromatic N) is 2. The Bertz CT molecular complexity index is 899. The monoisotopic (exact) mass is 316 g/mol. The third kappa shape index (κ3) is 2.88. The number of aliphatic hydroxyl groups is 1. The third-order valence-electron chi connectivity index (χ3n) is 3.59. The fourth-order valence-corrected chi connectivity index (χ4v) is 3.02. The zero-order valence-electron chi connectivity index (χ0n) is 12.0. The first-order valence-electron chi connectivity index (χ1n) is 6.83. The molecule has 3 rings (SSSR count). The number of imidazole rings is 1. The van der Waals surface area contributed by atoms with Gasteiger partial charge in [-0.3, -0.25) is 0 Å². The molecule has 5 nitrogen and oxygen atoms in total. The summed E-state index contributed by atoms with van der Waals surface area (Å²) in [5, 5.41) is 10.3. The van der Waals surface area contributed by atoms with Crippen LogP contribution in [0.2, 0.25) is 0 Å². The van der Waals surface area contributed by atoms with Crippen molar-refractivity contribution in [3.63, 3.8) is 0 Å². The second kappa shape index (κ2) is 5.55. The molecule has 0 bridgehead atoms. The van der Waals surface area contributed by atoms with E-state index in [0.717, 1.165) is 17.3 Å². The molecule has 1 aromatic heterocycles. The molecule has 3 aromatic rings. The molecule has 0 aliphatic heterocycles. The van der Waals surface area contributed by atoms with Gasteiger partial charge in [-0.25, -0.2) is 13.4 Å². The lowest BCUT2D eigenvalue weighted by molar-refractivity contribution is 0.158. The van der Waals surface area contributed by atoms with E-state index in [-0.39, 0.29) is 4.90 Å². The van der Waals surface area contributed by atoms with Gasteiger partial charge < -0.3 is 9.67 Å². The predicted octanol–water partition coefficient (Wildman–Crippen LogP) is 2.17. The number of aliphatic hydroxyl groups excluding tert-OH is 1. The highest BCUT2D eigenvalue weighted by Gasteiger charge is 2.12. The van der Waals surface area contributed by atoms with Crippen LogP contribution in [0, 0.1) is 0 Å². The second-order valence-electron chi connectivity index (χ2n) is 5.24. The Labute approximate surface area is 128 Å². The van der Waals surface area contributed by atoms with E-state index in [1.165, 1.54) is 12.1 Å². The van der Waals surface area contributed by atoms with Crippen LogP contribution >= 0.6 is 0 Å². The molecule has 1 heterocycles. The average molecular weight is 316 g/mol. The number of hydrogen-bond donors (Lipinski definition) is 1. The predicted molar refractivity (Wildman–Crippen MR) is 84.2 cm³/mol. The van der Waals surface area contributed by atoms with E-state index >= 15 is 0 Å². The van der Waals surface area contributed by atoms with Crippen molar-refractivity contribution < 1.29 is 13.5 Å². The van der Waals surface area contributed by atoms with E-state index in [0.29, 0.717) is 12.1 Å². The minimum Gasteiger partial charge on any atom is -0.387 e. The molecule has 0 unspecified atom stereocenters. The lowest BCUT2D eigenvalue weighted by atomic mass is 10.1. The Balaban J connectivity index is 1.84. The minimum absolute atomic E-state index is 0.247. The molecule has 0 amide bonds. The van der Waals surface area contributed by atoms with Crippen LogP contribution in [0.25, 0.3) is 11.0 Å². The molecule has 1 N–H and O–H groups in total. The molecule has 0 aliphatic carbocycles. The molecule has 0 spiro atoms. The maximum Gasteiger partial charge on any atom is 0.175 e. The highest BCUT2D eigenvalue weighted by atomic mass is 32.2. The average Bonchev–Trinajstić information content (AvgIpc) is 2.90. The van der Waals surface area contributed by atoms with Crippen molar-refractivity contribution in [2.24, 2.45) is 0 Å². The number of sulfone groups is 1. The van der Waals surface area contributed by atoms with Gasteiger partial charge in [0.2, 0.25) is 0 Å². The normalized spacial score (nSPS) is 13.4. The zero-order chi connectivity index (χ0) is 15.7. The first kappa shape index (κ1) is 14.7. The molecule has 22 heavy (non-hydrogen) atoms.